The molecule has 0 spiro atoms. The van der Waals surface area contributed by atoms with Crippen LogP contribution in [-0.2, 0) is 4.79 Å². The van der Waals surface area contributed by atoms with Crippen LogP contribution in [0.5, 0.6) is 0 Å². The number of benzene rings is 1. The molecule has 1 aromatic rings. The second-order valence-electron chi connectivity index (χ2n) is 6.80. The number of anilines is 1. The Kier molecular flexibility index (Phi) is 4.18. The maximum atomic E-state index is 11.0. The minimum absolute atomic E-state index is 0.192. The molecule has 1 aromatic carbocycles. The normalized spacial score (nSPS) is 23.3. The van der Waals surface area contributed by atoms with E-state index in [0.717, 1.165) is 19.0 Å². The summed E-state index contributed by atoms with van der Waals surface area (Å²) in [4.78, 5) is 13.5. The van der Waals surface area contributed by atoms with Crippen LogP contribution in [0.1, 0.15) is 50.5 Å². The van der Waals surface area contributed by atoms with Crippen molar-refractivity contribution >= 4 is 11.7 Å². The van der Waals surface area contributed by atoms with Gasteiger partial charge in [0.15, 0.2) is 0 Å². The highest BCUT2D eigenvalue weighted by atomic mass is 16.4. The van der Waals surface area contributed by atoms with Crippen LogP contribution >= 0.6 is 0 Å². The van der Waals surface area contributed by atoms with E-state index in [1.165, 1.54) is 36.9 Å². The lowest BCUT2D eigenvalue weighted by Gasteiger charge is -2.24. The van der Waals surface area contributed by atoms with Crippen molar-refractivity contribution in [2.24, 2.45) is 11.8 Å². The average Bonchev–Trinajstić information content (AvgIpc) is 3.07. The number of para-hydroxylation sites is 1. The zero-order valence-electron chi connectivity index (χ0n) is 12.8. The van der Waals surface area contributed by atoms with Gasteiger partial charge in [-0.25, -0.2) is 0 Å². The van der Waals surface area contributed by atoms with Gasteiger partial charge in [0.05, 0.1) is 0 Å². The van der Waals surface area contributed by atoms with Gasteiger partial charge in [0, 0.05) is 31.1 Å². The molecule has 2 aliphatic rings. The number of aliphatic carboxylic acids is 1. The largest absolute Gasteiger partial charge is 0.481 e. The van der Waals surface area contributed by atoms with E-state index < -0.39 is 5.97 Å². The van der Waals surface area contributed by atoms with E-state index in [9.17, 15) is 4.79 Å². The second-order valence-corrected chi connectivity index (χ2v) is 6.80. The van der Waals surface area contributed by atoms with Gasteiger partial charge in [-0.2, -0.15) is 0 Å². The van der Waals surface area contributed by atoms with Crippen molar-refractivity contribution in [3.05, 3.63) is 29.8 Å². The molecule has 0 saturated heterocycles. The van der Waals surface area contributed by atoms with Gasteiger partial charge in [0.2, 0.25) is 0 Å². The molecule has 0 radical (unpaired) electrons. The summed E-state index contributed by atoms with van der Waals surface area (Å²) in [7, 11) is 0. The first-order valence-corrected chi connectivity index (χ1v) is 8.21. The molecule has 0 aromatic heterocycles. The van der Waals surface area contributed by atoms with Gasteiger partial charge < -0.3 is 10.0 Å². The van der Waals surface area contributed by atoms with Gasteiger partial charge in [0.1, 0.15) is 0 Å². The fourth-order valence-corrected chi connectivity index (χ4v) is 4.10. The van der Waals surface area contributed by atoms with E-state index in [1.807, 2.05) is 0 Å². The molecule has 1 N–H and O–H groups in total. The van der Waals surface area contributed by atoms with Crippen LogP contribution in [0.3, 0.4) is 0 Å². The molecule has 0 bridgehead atoms. The summed E-state index contributed by atoms with van der Waals surface area (Å²) in [5.74, 6) is 0.691. The number of carboxylic acid groups (broad SMARTS) is 1. The monoisotopic (exact) mass is 287 g/mol. The first kappa shape index (κ1) is 14.4. The number of carbonyl (C=O) groups is 1. The first-order valence-electron chi connectivity index (χ1n) is 8.21. The Labute approximate surface area is 127 Å². The summed E-state index contributed by atoms with van der Waals surface area (Å²) < 4.78 is 0. The summed E-state index contributed by atoms with van der Waals surface area (Å²) in [5, 5.41) is 9.07. The van der Waals surface area contributed by atoms with Crippen LogP contribution in [0.2, 0.25) is 0 Å². The molecule has 114 valence electrons. The van der Waals surface area contributed by atoms with E-state index in [-0.39, 0.29) is 12.3 Å². The van der Waals surface area contributed by atoms with Crippen molar-refractivity contribution in [2.75, 3.05) is 18.0 Å². The second kappa shape index (κ2) is 6.08. The van der Waals surface area contributed by atoms with Gasteiger partial charge in [-0.3, -0.25) is 4.79 Å². The minimum atomic E-state index is -0.686. The zero-order valence-corrected chi connectivity index (χ0v) is 12.8. The predicted molar refractivity (Wildman–Crippen MR) is 84.8 cm³/mol. The molecule has 1 aliphatic carbocycles. The van der Waals surface area contributed by atoms with Crippen molar-refractivity contribution in [3.8, 4) is 0 Å². The van der Waals surface area contributed by atoms with Crippen molar-refractivity contribution in [2.45, 2.75) is 44.9 Å². The number of fused-ring (bicyclic) bond motifs is 1. The van der Waals surface area contributed by atoms with Crippen LogP contribution in [0.4, 0.5) is 5.69 Å². The molecule has 1 fully saturated rings. The van der Waals surface area contributed by atoms with Gasteiger partial charge in [-0.1, -0.05) is 38.0 Å². The van der Waals surface area contributed by atoms with Crippen LogP contribution in [0.25, 0.3) is 0 Å². The lowest BCUT2D eigenvalue weighted by atomic mass is 9.87. The number of hydrogen-bond acceptors (Lipinski definition) is 2. The highest BCUT2D eigenvalue weighted by molar-refractivity contribution is 5.68. The average molecular weight is 287 g/mol. The third-order valence-electron chi connectivity index (χ3n) is 5.23. The lowest BCUT2D eigenvalue weighted by Crippen LogP contribution is -2.29. The van der Waals surface area contributed by atoms with Crippen molar-refractivity contribution < 1.29 is 9.90 Å². The number of hydrogen-bond donors (Lipinski definition) is 1. The molecule has 2 unspecified atom stereocenters. The topological polar surface area (TPSA) is 40.5 Å². The summed E-state index contributed by atoms with van der Waals surface area (Å²) in [6.07, 6.45) is 5.72. The number of rotatable bonds is 5. The highest BCUT2D eigenvalue weighted by Gasteiger charge is 2.34. The molecule has 3 rings (SSSR count). The molecule has 1 heterocycles. The van der Waals surface area contributed by atoms with E-state index in [2.05, 4.69) is 36.1 Å². The molecule has 3 heteroatoms. The Morgan fingerprint density at radius 2 is 2.05 bits per heavy atom. The van der Waals surface area contributed by atoms with E-state index in [4.69, 9.17) is 5.11 Å². The van der Waals surface area contributed by atoms with Gasteiger partial charge in [-0.05, 0) is 36.3 Å². The van der Waals surface area contributed by atoms with E-state index in [1.54, 1.807) is 0 Å². The molecule has 21 heavy (non-hydrogen) atoms. The summed E-state index contributed by atoms with van der Waals surface area (Å²) >= 11 is 0. The molecule has 0 amide bonds. The molecule has 1 aliphatic heterocycles. The Hall–Kier alpha value is -1.51. The third-order valence-corrected chi connectivity index (χ3v) is 5.23. The Balaban J connectivity index is 1.77. The van der Waals surface area contributed by atoms with Crippen LogP contribution in [0.15, 0.2) is 24.3 Å². The third kappa shape index (κ3) is 3.07. The number of carboxylic acids is 1. The Morgan fingerprint density at radius 3 is 2.76 bits per heavy atom. The molecular weight excluding hydrogens is 262 g/mol. The van der Waals surface area contributed by atoms with Crippen LogP contribution in [0, 0.1) is 11.8 Å². The number of nitrogens with zero attached hydrogens (tertiary/aromatic N) is 1. The van der Waals surface area contributed by atoms with Crippen molar-refractivity contribution in [3.63, 3.8) is 0 Å². The molecule has 3 nitrogen and oxygen atoms in total. The van der Waals surface area contributed by atoms with Gasteiger partial charge >= 0.3 is 5.97 Å². The standard InChI is InChI=1S/C18H25NO2/c1-13(10-18(20)21)16-12-19(11-14-6-2-3-7-14)17-9-5-4-8-15(16)17/h4-5,8-9,13-14,16H,2-3,6-7,10-12H2,1H3,(H,20,21). The molecule has 1 saturated carbocycles. The van der Waals surface area contributed by atoms with Crippen LogP contribution in [-0.4, -0.2) is 24.2 Å². The first-order chi connectivity index (χ1) is 10.1. The van der Waals surface area contributed by atoms with Gasteiger partial charge in [-0.15, -0.1) is 0 Å². The van der Waals surface area contributed by atoms with E-state index >= 15 is 0 Å². The van der Waals surface area contributed by atoms with E-state index in [0.29, 0.717) is 5.92 Å². The summed E-state index contributed by atoms with van der Waals surface area (Å²) in [6, 6.07) is 8.58. The highest BCUT2D eigenvalue weighted by Crippen LogP contribution is 2.42. The zero-order chi connectivity index (χ0) is 14.8. The van der Waals surface area contributed by atoms with Crippen LogP contribution < -0.4 is 4.90 Å². The van der Waals surface area contributed by atoms with Crippen molar-refractivity contribution in [1.29, 1.82) is 0 Å². The minimum Gasteiger partial charge on any atom is -0.481 e. The Morgan fingerprint density at radius 1 is 1.33 bits per heavy atom. The quantitative estimate of drug-likeness (QED) is 0.893. The Bertz CT molecular complexity index is 508. The summed E-state index contributed by atoms with van der Waals surface area (Å²) in [5.41, 5.74) is 2.69. The van der Waals surface area contributed by atoms with Gasteiger partial charge in [0.25, 0.3) is 0 Å². The summed E-state index contributed by atoms with van der Waals surface area (Å²) in [6.45, 7) is 4.21. The smallest absolute Gasteiger partial charge is 0.303 e. The maximum absolute atomic E-state index is 11.0. The predicted octanol–water partition coefficient (Wildman–Crippen LogP) is 3.89. The molecule has 2 atom stereocenters. The van der Waals surface area contributed by atoms with Crippen molar-refractivity contribution in [1.82, 2.24) is 0 Å². The lowest BCUT2D eigenvalue weighted by molar-refractivity contribution is -0.138. The SMILES string of the molecule is CC(CC(=O)O)C1CN(CC2CCCC2)c2ccccc21. The fraction of sp³-hybridized carbons (Fsp3) is 0.611. The maximum Gasteiger partial charge on any atom is 0.303 e. The molecular formula is C18H25NO2. The fourth-order valence-electron chi connectivity index (χ4n) is 4.10.